The molecule has 4 aromatic rings. The van der Waals surface area contributed by atoms with E-state index >= 15 is 0 Å². The summed E-state index contributed by atoms with van der Waals surface area (Å²) >= 11 is 5.98. The molecule has 0 radical (unpaired) electrons. The van der Waals surface area contributed by atoms with Gasteiger partial charge in [-0.1, -0.05) is 54.1 Å². The summed E-state index contributed by atoms with van der Waals surface area (Å²) in [6.45, 7) is 1.89. The van der Waals surface area contributed by atoms with E-state index < -0.39 is 5.97 Å². The van der Waals surface area contributed by atoms with Crippen LogP contribution in [0.5, 0.6) is 0 Å². The highest BCUT2D eigenvalue weighted by atomic mass is 35.5. The van der Waals surface area contributed by atoms with E-state index in [1.165, 1.54) is 6.07 Å². The van der Waals surface area contributed by atoms with Crippen LogP contribution in [-0.2, 0) is 0 Å². The summed E-state index contributed by atoms with van der Waals surface area (Å²) in [6.07, 6.45) is 0. The van der Waals surface area contributed by atoms with Crippen molar-refractivity contribution in [1.82, 2.24) is 14.6 Å². The average molecular weight is 364 g/mol. The quantitative estimate of drug-likeness (QED) is 0.571. The molecule has 0 amide bonds. The van der Waals surface area contributed by atoms with Crippen LogP contribution in [0.25, 0.3) is 28.0 Å². The predicted octanol–water partition coefficient (Wildman–Crippen LogP) is 4.72. The maximum atomic E-state index is 11.6. The van der Waals surface area contributed by atoms with Gasteiger partial charge in [0.05, 0.1) is 11.4 Å². The van der Waals surface area contributed by atoms with Crippen molar-refractivity contribution in [3.8, 4) is 22.4 Å². The molecule has 0 spiro atoms. The second-order valence-corrected chi connectivity index (χ2v) is 6.34. The van der Waals surface area contributed by atoms with Crippen LogP contribution in [0.4, 0.5) is 0 Å². The van der Waals surface area contributed by atoms with Gasteiger partial charge in [-0.25, -0.2) is 14.3 Å². The Balaban J connectivity index is 2.07. The second kappa shape index (κ2) is 6.28. The number of nitrogens with zero attached hydrogens (tertiary/aromatic N) is 3. The fourth-order valence-corrected chi connectivity index (χ4v) is 3.13. The van der Waals surface area contributed by atoms with Gasteiger partial charge in [-0.05, 0) is 30.7 Å². The van der Waals surface area contributed by atoms with Crippen LogP contribution < -0.4 is 0 Å². The van der Waals surface area contributed by atoms with E-state index in [9.17, 15) is 9.90 Å². The van der Waals surface area contributed by atoms with Crippen molar-refractivity contribution in [1.29, 1.82) is 0 Å². The highest BCUT2D eigenvalue weighted by Crippen LogP contribution is 2.31. The number of rotatable bonds is 3. The maximum Gasteiger partial charge on any atom is 0.354 e. The van der Waals surface area contributed by atoms with E-state index in [2.05, 4.69) is 10.1 Å². The lowest BCUT2D eigenvalue weighted by molar-refractivity contribution is 0.0690. The Morgan fingerprint density at radius 2 is 1.73 bits per heavy atom. The van der Waals surface area contributed by atoms with E-state index in [4.69, 9.17) is 11.6 Å². The molecule has 6 heteroatoms. The number of fused-ring (bicyclic) bond motifs is 1. The van der Waals surface area contributed by atoms with Crippen molar-refractivity contribution in [2.75, 3.05) is 0 Å². The molecule has 0 bridgehead atoms. The minimum atomic E-state index is -1.08. The van der Waals surface area contributed by atoms with Gasteiger partial charge in [0, 0.05) is 16.1 Å². The monoisotopic (exact) mass is 363 g/mol. The Morgan fingerprint density at radius 3 is 2.38 bits per heavy atom. The first-order valence-corrected chi connectivity index (χ1v) is 8.37. The van der Waals surface area contributed by atoms with Crippen LogP contribution in [0.1, 0.15) is 16.2 Å². The van der Waals surface area contributed by atoms with Gasteiger partial charge in [0.25, 0.3) is 0 Å². The first kappa shape index (κ1) is 16.3. The Morgan fingerprint density at radius 1 is 1.04 bits per heavy atom. The molecule has 2 aromatic heterocycles. The van der Waals surface area contributed by atoms with E-state index in [1.807, 2.05) is 49.4 Å². The largest absolute Gasteiger partial charge is 0.477 e. The van der Waals surface area contributed by atoms with Gasteiger partial charge in [-0.3, -0.25) is 0 Å². The lowest BCUT2D eigenvalue weighted by Gasteiger charge is -2.07. The van der Waals surface area contributed by atoms with E-state index in [0.29, 0.717) is 16.4 Å². The average Bonchev–Trinajstić information content (AvgIpc) is 2.98. The number of benzene rings is 2. The molecule has 0 saturated heterocycles. The standard InChI is InChI=1S/C20H14ClN3O2/c1-12-18(14-5-3-2-4-6-14)19-22-16(20(25)26)11-17(24(19)23-12)13-7-9-15(21)10-8-13/h2-11H,1H3,(H,25,26). The number of aryl methyl sites for hydroxylation is 1. The zero-order valence-electron chi connectivity index (χ0n) is 13.8. The topological polar surface area (TPSA) is 67.5 Å². The molecular formula is C20H14ClN3O2. The third-order valence-corrected chi connectivity index (χ3v) is 4.44. The Hall–Kier alpha value is -3.18. The van der Waals surface area contributed by atoms with Crippen LogP contribution in [0.3, 0.4) is 0 Å². The van der Waals surface area contributed by atoms with Gasteiger partial charge >= 0.3 is 5.97 Å². The Bertz CT molecular complexity index is 1120. The number of aromatic carboxylic acids is 1. The number of carboxylic acid groups (broad SMARTS) is 1. The summed E-state index contributed by atoms with van der Waals surface area (Å²) in [4.78, 5) is 16.0. The molecule has 4 rings (SSSR count). The first-order valence-electron chi connectivity index (χ1n) is 7.99. The zero-order chi connectivity index (χ0) is 18.3. The number of halogens is 1. The predicted molar refractivity (Wildman–Crippen MR) is 101 cm³/mol. The molecule has 1 N–H and O–H groups in total. The minimum Gasteiger partial charge on any atom is -0.477 e. The SMILES string of the molecule is Cc1nn2c(-c3ccc(Cl)cc3)cc(C(=O)O)nc2c1-c1ccccc1. The number of aromatic nitrogens is 3. The highest BCUT2D eigenvalue weighted by Gasteiger charge is 2.19. The fraction of sp³-hybridized carbons (Fsp3) is 0.0500. The van der Waals surface area contributed by atoms with Crippen LogP contribution >= 0.6 is 11.6 Å². The van der Waals surface area contributed by atoms with Crippen molar-refractivity contribution in [3.05, 3.63) is 77.1 Å². The third kappa shape index (κ3) is 2.72. The molecule has 0 saturated carbocycles. The van der Waals surface area contributed by atoms with Gasteiger partial charge in [-0.2, -0.15) is 5.10 Å². The molecule has 0 fully saturated rings. The Kier molecular flexibility index (Phi) is 3.93. The molecule has 2 aromatic carbocycles. The normalized spacial score (nSPS) is 11.0. The number of hydrogen-bond donors (Lipinski definition) is 1. The molecule has 0 aliphatic carbocycles. The summed E-state index contributed by atoms with van der Waals surface area (Å²) in [5.74, 6) is -1.08. The summed E-state index contributed by atoms with van der Waals surface area (Å²) in [7, 11) is 0. The van der Waals surface area contributed by atoms with Gasteiger partial charge in [0.15, 0.2) is 11.3 Å². The van der Waals surface area contributed by atoms with Gasteiger partial charge < -0.3 is 5.11 Å². The van der Waals surface area contributed by atoms with Gasteiger partial charge in [0.1, 0.15) is 0 Å². The van der Waals surface area contributed by atoms with Gasteiger partial charge in [0.2, 0.25) is 0 Å². The lowest BCUT2D eigenvalue weighted by Crippen LogP contribution is -2.05. The van der Waals surface area contributed by atoms with E-state index in [0.717, 1.165) is 22.4 Å². The highest BCUT2D eigenvalue weighted by molar-refractivity contribution is 6.30. The lowest BCUT2D eigenvalue weighted by atomic mass is 10.1. The van der Waals surface area contributed by atoms with Crippen molar-refractivity contribution in [2.45, 2.75) is 6.92 Å². The first-order chi connectivity index (χ1) is 12.5. The molecule has 2 heterocycles. The summed E-state index contributed by atoms with van der Waals surface area (Å²) in [5, 5.41) is 14.7. The van der Waals surface area contributed by atoms with Crippen molar-refractivity contribution in [3.63, 3.8) is 0 Å². The molecule has 128 valence electrons. The van der Waals surface area contributed by atoms with Crippen LogP contribution in [-0.4, -0.2) is 25.7 Å². The van der Waals surface area contributed by atoms with Gasteiger partial charge in [-0.15, -0.1) is 0 Å². The summed E-state index contributed by atoms with van der Waals surface area (Å²) < 4.78 is 1.69. The van der Waals surface area contributed by atoms with Crippen molar-refractivity contribution in [2.24, 2.45) is 0 Å². The van der Waals surface area contributed by atoms with Crippen LogP contribution in [0, 0.1) is 6.92 Å². The molecule has 26 heavy (non-hydrogen) atoms. The summed E-state index contributed by atoms with van der Waals surface area (Å²) in [5.41, 5.74) is 4.49. The van der Waals surface area contributed by atoms with Crippen LogP contribution in [0.15, 0.2) is 60.7 Å². The Labute approximate surface area is 154 Å². The van der Waals surface area contributed by atoms with E-state index in [-0.39, 0.29) is 5.69 Å². The minimum absolute atomic E-state index is 0.0282. The number of carboxylic acids is 1. The second-order valence-electron chi connectivity index (χ2n) is 5.90. The van der Waals surface area contributed by atoms with Crippen molar-refractivity contribution >= 4 is 23.2 Å². The fourth-order valence-electron chi connectivity index (χ4n) is 3.00. The molecule has 0 atom stereocenters. The number of hydrogen-bond acceptors (Lipinski definition) is 3. The molecule has 0 aliphatic heterocycles. The van der Waals surface area contributed by atoms with Crippen molar-refractivity contribution < 1.29 is 9.90 Å². The smallest absolute Gasteiger partial charge is 0.354 e. The molecule has 0 aliphatic rings. The maximum absolute atomic E-state index is 11.6. The molecule has 0 unspecified atom stereocenters. The third-order valence-electron chi connectivity index (χ3n) is 4.19. The van der Waals surface area contributed by atoms with Crippen LogP contribution in [0.2, 0.25) is 5.02 Å². The molecular weight excluding hydrogens is 350 g/mol. The zero-order valence-corrected chi connectivity index (χ0v) is 14.6. The van der Waals surface area contributed by atoms with E-state index in [1.54, 1.807) is 16.6 Å². The summed E-state index contributed by atoms with van der Waals surface area (Å²) in [6, 6.07) is 18.4. The number of carbonyl (C=O) groups is 1. The molecule has 5 nitrogen and oxygen atoms in total.